The smallest absolute Gasteiger partial charge is 0.257 e. The topological polar surface area (TPSA) is 53.4 Å². The first-order valence-electron chi connectivity index (χ1n) is 6.53. The summed E-state index contributed by atoms with van der Waals surface area (Å²) in [6.07, 6.45) is 2.43. The van der Waals surface area contributed by atoms with E-state index in [1.807, 2.05) is 18.2 Å². The largest absolute Gasteiger partial charge is 0.507 e. The zero-order chi connectivity index (χ0) is 14.5. The molecule has 4 heteroatoms. The maximum atomic E-state index is 12.3. The van der Waals surface area contributed by atoms with E-state index in [1.165, 1.54) is 0 Å². The van der Waals surface area contributed by atoms with Crippen LogP contribution in [0.2, 0.25) is 0 Å². The molecule has 0 aliphatic rings. The van der Waals surface area contributed by atoms with Gasteiger partial charge in [-0.25, -0.2) is 0 Å². The molecule has 0 saturated heterocycles. The van der Waals surface area contributed by atoms with Crippen molar-refractivity contribution in [2.75, 3.05) is 13.6 Å². The van der Waals surface area contributed by atoms with Crippen molar-refractivity contribution in [1.29, 1.82) is 0 Å². The number of phenols is 1. The van der Waals surface area contributed by atoms with Gasteiger partial charge in [-0.05, 0) is 30.7 Å². The second-order valence-corrected chi connectivity index (χ2v) is 4.77. The van der Waals surface area contributed by atoms with Crippen molar-refractivity contribution >= 4 is 5.91 Å². The van der Waals surface area contributed by atoms with Gasteiger partial charge >= 0.3 is 0 Å². The zero-order valence-corrected chi connectivity index (χ0v) is 11.7. The van der Waals surface area contributed by atoms with E-state index < -0.39 is 0 Å². The normalized spacial score (nSPS) is 10.3. The van der Waals surface area contributed by atoms with Crippen LogP contribution in [0.1, 0.15) is 21.6 Å². The number of benzene rings is 1. The summed E-state index contributed by atoms with van der Waals surface area (Å²) in [5.41, 5.74) is 1.99. The summed E-state index contributed by atoms with van der Waals surface area (Å²) in [5, 5.41) is 9.94. The molecule has 4 nitrogen and oxygen atoms in total. The highest BCUT2D eigenvalue weighted by atomic mass is 16.3. The van der Waals surface area contributed by atoms with Crippen LogP contribution in [0.25, 0.3) is 0 Å². The number of nitrogens with zero attached hydrogens (tertiary/aromatic N) is 2. The van der Waals surface area contributed by atoms with Crippen LogP contribution in [0.5, 0.6) is 5.75 Å². The summed E-state index contributed by atoms with van der Waals surface area (Å²) in [7, 11) is 1.73. The van der Waals surface area contributed by atoms with E-state index in [9.17, 15) is 9.90 Å². The molecule has 0 fully saturated rings. The molecule has 20 heavy (non-hydrogen) atoms. The third-order valence-corrected chi connectivity index (χ3v) is 3.24. The Morgan fingerprint density at radius 1 is 1.25 bits per heavy atom. The number of hydrogen-bond acceptors (Lipinski definition) is 3. The lowest BCUT2D eigenvalue weighted by atomic mass is 10.1. The summed E-state index contributed by atoms with van der Waals surface area (Å²) in [6.45, 7) is 2.34. The molecule has 0 aliphatic heterocycles. The molecule has 0 saturated carbocycles. The van der Waals surface area contributed by atoms with Crippen molar-refractivity contribution in [3.63, 3.8) is 0 Å². The Morgan fingerprint density at radius 3 is 2.75 bits per heavy atom. The van der Waals surface area contributed by atoms with Crippen LogP contribution in [-0.4, -0.2) is 34.5 Å². The lowest BCUT2D eigenvalue weighted by Crippen LogP contribution is -2.29. The Hall–Kier alpha value is -2.36. The molecule has 1 amide bonds. The molecule has 2 rings (SSSR count). The van der Waals surface area contributed by atoms with Gasteiger partial charge in [0.05, 0.1) is 5.56 Å². The fourth-order valence-electron chi connectivity index (χ4n) is 1.97. The fraction of sp³-hybridized carbons (Fsp3) is 0.250. The number of pyridine rings is 1. The van der Waals surface area contributed by atoms with Gasteiger partial charge in [0.15, 0.2) is 0 Å². The molecule has 0 atom stereocenters. The summed E-state index contributed by atoms with van der Waals surface area (Å²) in [5.74, 6) is -0.121. The number of aromatic hydroxyl groups is 1. The Morgan fingerprint density at radius 2 is 2.05 bits per heavy atom. The molecule has 1 aromatic carbocycles. The highest BCUT2D eigenvalue weighted by molar-refractivity contribution is 5.97. The molecule has 1 aromatic heterocycles. The molecule has 1 heterocycles. The molecular weight excluding hydrogens is 252 g/mol. The zero-order valence-electron chi connectivity index (χ0n) is 11.7. The maximum absolute atomic E-state index is 12.3. The molecule has 2 aromatic rings. The average molecular weight is 270 g/mol. The number of hydrogen-bond donors (Lipinski definition) is 1. The van der Waals surface area contributed by atoms with Gasteiger partial charge in [-0.1, -0.05) is 18.2 Å². The van der Waals surface area contributed by atoms with E-state index in [0.717, 1.165) is 5.69 Å². The van der Waals surface area contributed by atoms with Crippen LogP contribution in [0.3, 0.4) is 0 Å². The maximum Gasteiger partial charge on any atom is 0.257 e. The predicted octanol–water partition coefficient (Wildman–Crippen LogP) is 2.41. The number of phenolic OH excluding ortho intramolecular Hbond substituents is 1. The monoisotopic (exact) mass is 270 g/mol. The van der Waals surface area contributed by atoms with Crippen LogP contribution in [0.15, 0.2) is 42.6 Å². The summed E-state index contributed by atoms with van der Waals surface area (Å²) in [4.78, 5) is 18.1. The van der Waals surface area contributed by atoms with Gasteiger partial charge in [-0.3, -0.25) is 9.78 Å². The van der Waals surface area contributed by atoms with E-state index in [-0.39, 0.29) is 11.7 Å². The van der Waals surface area contributed by atoms with Crippen molar-refractivity contribution in [3.05, 3.63) is 59.4 Å². The number of carbonyl (C=O) groups is 1. The van der Waals surface area contributed by atoms with E-state index in [0.29, 0.717) is 24.1 Å². The first-order chi connectivity index (χ1) is 9.59. The Kier molecular flexibility index (Phi) is 4.35. The van der Waals surface area contributed by atoms with Crippen LogP contribution >= 0.6 is 0 Å². The Bertz CT molecular complexity index is 597. The number of aryl methyl sites for hydroxylation is 1. The fourth-order valence-corrected chi connectivity index (χ4v) is 1.97. The molecule has 0 radical (unpaired) electrons. The van der Waals surface area contributed by atoms with Crippen LogP contribution < -0.4 is 0 Å². The molecule has 0 aliphatic carbocycles. The highest BCUT2D eigenvalue weighted by Gasteiger charge is 2.16. The van der Waals surface area contributed by atoms with Crippen molar-refractivity contribution in [2.45, 2.75) is 13.3 Å². The number of para-hydroxylation sites is 1. The van der Waals surface area contributed by atoms with Gasteiger partial charge in [0.25, 0.3) is 5.91 Å². The van der Waals surface area contributed by atoms with Crippen molar-refractivity contribution in [3.8, 4) is 5.75 Å². The number of carbonyl (C=O) groups excluding carboxylic acids is 1. The summed E-state index contributed by atoms with van der Waals surface area (Å²) < 4.78 is 0. The SMILES string of the molecule is Cc1cccc(C(=O)N(C)CCc2ccccn2)c1O. The second kappa shape index (κ2) is 6.19. The van der Waals surface area contributed by atoms with Crippen molar-refractivity contribution in [1.82, 2.24) is 9.88 Å². The van der Waals surface area contributed by atoms with Gasteiger partial charge in [0, 0.05) is 31.9 Å². The average Bonchev–Trinajstić information content (AvgIpc) is 2.48. The number of amides is 1. The number of aromatic nitrogens is 1. The molecule has 0 bridgehead atoms. The highest BCUT2D eigenvalue weighted by Crippen LogP contribution is 2.22. The minimum absolute atomic E-state index is 0.0576. The van der Waals surface area contributed by atoms with E-state index in [1.54, 1.807) is 43.3 Å². The van der Waals surface area contributed by atoms with Crippen molar-refractivity contribution < 1.29 is 9.90 Å². The second-order valence-electron chi connectivity index (χ2n) is 4.77. The van der Waals surface area contributed by atoms with Crippen LogP contribution in [-0.2, 0) is 6.42 Å². The Balaban J connectivity index is 2.04. The van der Waals surface area contributed by atoms with E-state index in [4.69, 9.17) is 0 Å². The molecule has 1 N–H and O–H groups in total. The predicted molar refractivity (Wildman–Crippen MR) is 77.7 cm³/mol. The number of likely N-dealkylation sites (N-methyl/N-ethyl adjacent to an activating group) is 1. The summed E-state index contributed by atoms with van der Waals surface area (Å²) in [6, 6.07) is 10.9. The van der Waals surface area contributed by atoms with Crippen molar-refractivity contribution in [2.24, 2.45) is 0 Å². The quantitative estimate of drug-likeness (QED) is 0.928. The van der Waals surface area contributed by atoms with E-state index in [2.05, 4.69) is 4.98 Å². The third-order valence-electron chi connectivity index (χ3n) is 3.24. The van der Waals surface area contributed by atoms with Gasteiger partial charge in [-0.2, -0.15) is 0 Å². The minimum atomic E-state index is -0.179. The van der Waals surface area contributed by atoms with Gasteiger partial charge in [-0.15, -0.1) is 0 Å². The lowest BCUT2D eigenvalue weighted by molar-refractivity contribution is 0.0793. The summed E-state index contributed by atoms with van der Waals surface area (Å²) >= 11 is 0. The first-order valence-corrected chi connectivity index (χ1v) is 6.53. The van der Waals surface area contributed by atoms with E-state index >= 15 is 0 Å². The van der Waals surface area contributed by atoms with Gasteiger partial charge < -0.3 is 10.0 Å². The molecule has 104 valence electrons. The van der Waals surface area contributed by atoms with Crippen LogP contribution in [0.4, 0.5) is 0 Å². The lowest BCUT2D eigenvalue weighted by Gasteiger charge is -2.18. The first kappa shape index (κ1) is 14.1. The molecular formula is C16H18N2O2. The van der Waals surface area contributed by atoms with Gasteiger partial charge in [0.1, 0.15) is 5.75 Å². The Labute approximate surface area is 118 Å². The third kappa shape index (κ3) is 3.15. The van der Waals surface area contributed by atoms with Gasteiger partial charge in [0.2, 0.25) is 0 Å². The standard InChI is InChI=1S/C16H18N2O2/c1-12-6-5-8-14(15(12)19)16(20)18(2)11-9-13-7-3-4-10-17-13/h3-8,10,19H,9,11H2,1-2H3. The molecule has 0 spiro atoms. The molecule has 0 unspecified atom stereocenters. The van der Waals surface area contributed by atoms with Crippen LogP contribution in [0, 0.1) is 6.92 Å². The minimum Gasteiger partial charge on any atom is -0.507 e. The number of rotatable bonds is 4.